The van der Waals surface area contributed by atoms with Crippen LogP contribution in [0, 0.1) is 6.92 Å². The van der Waals surface area contributed by atoms with Gasteiger partial charge < -0.3 is 0 Å². The lowest BCUT2D eigenvalue weighted by Gasteiger charge is -2.09. The molecule has 1 aromatic heterocycles. The van der Waals surface area contributed by atoms with E-state index in [9.17, 15) is 13.2 Å². The van der Waals surface area contributed by atoms with E-state index in [0.717, 1.165) is 10.9 Å². The van der Waals surface area contributed by atoms with Crippen LogP contribution < -0.4 is 10.3 Å². The Labute approximate surface area is 117 Å². The van der Waals surface area contributed by atoms with Crippen LogP contribution in [0.5, 0.6) is 0 Å². The molecule has 0 aliphatic rings. The number of benzene rings is 1. The number of sulfonamides is 1. The number of carbonyl (C=O) groups is 1. The quantitative estimate of drug-likeness (QED) is 0.831. The molecule has 0 aliphatic heterocycles. The first-order valence-corrected chi connectivity index (χ1v) is 7.58. The van der Waals surface area contributed by atoms with Gasteiger partial charge in [-0.2, -0.15) is 0 Å². The van der Waals surface area contributed by atoms with Crippen molar-refractivity contribution in [3.63, 3.8) is 0 Å². The van der Waals surface area contributed by atoms with Gasteiger partial charge in [-0.1, -0.05) is 19.1 Å². The average Bonchev–Trinajstić information content (AvgIpc) is 2.43. The summed E-state index contributed by atoms with van der Waals surface area (Å²) in [4.78, 5) is 17.4. The Balaban J connectivity index is 2.44. The molecule has 0 unspecified atom stereocenters. The fourth-order valence-corrected chi connectivity index (χ4v) is 2.77. The van der Waals surface area contributed by atoms with E-state index in [-0.39, 0.29) is 11.3 Å². The Hall–Kier alpha value is -1.99. The third kappa shape index (κ3) is 2.94. The van der Waals surface area contributed by atoms with E-state index in [2.05, 4.69) is 15.2 Å². The van der Waals surface area contributed by atoms with Gasteiger partial charge in [0.1, 0.15) is 4.90 Å². The zero-order valence-electron chi connectivity index (χ0n) is 11.2. The van der Waals surface area contributed by atoms with Gasteiger partial charge in [0.25, 0.3) is 10.0 Å². The van der Waals surface area contributed by atoms with Crippen LogP contribution in [-0.2, 0) is 14.8 Å². The molecule has 0 fully saturated rings. The Kier molecular flexibility index (Phi) is 4.01. The van der Waals surface area contributed by atoms with Crippen molar-refractivity contribution in [2.75, 3.05) is 0 Å². The molecule has 0 saturated carbocycles. The number of fused-ring (bicyclic) bond motifs is 1. The van der Waals surface area contributed by atoms with Crippen molar-refractivity contribution in [2.45, 2.75) is 25.2 Å². The second-order valence-electron chi connectivity index (χ2n) is 4.35. The number of para-hydroxylation sites is 1. The maximum absolute atomic E-state index is 12.2. The smallest absolute Gasteiger partial charge is 0.259 e. The van der Waals surface area contributed by atoms with Crippen molar-refractivity contribution in [2.24, 2.45) is 0 Å². The minimum absolute atomic E-state index is 0.0337. The van der Waals surface area contributed by atoms with Gasteiger partial charge in [-0.15, -0.1) is 4.83 Å². The molecule has 0 aliphatic carbocycles. The molecule has 0 atom stereocenters. The highest BCUT2D eigenvalue weighted by Gasteiger charge is 2.18. The van der Waals surface area contributed by atoms with Gasteiger partial charge in [-0.3, -0.25) is 15.2 Å². The van der Waals surface area contributed by atoms with Crippen LogP contribution in [-0.4, -0.2) is 19.3 Å². The van der Waals surface area contributed by atoms with E-state index in [1.807, 2.05) is 13.0 Å². The van der Waals surface area contributed by atoms with Gasteiger partial charge in [0.05, 0.1) is 5.52 Å². The highest BCUT2D eigenvalue weighted by Crippen LogP contribution is 2.21. The number of aromatic nitrogens is 1. The van der Waals surface area contributed by atoms with Crippen molar-refractivity contribution in [1.82, 2.24) is 15.2 Å². The number of nitrogens with zero attached hydrogens (tertiary/aromatic N) is 1. The third-order valence-electron chi connectivity index (χ3n) is 2.75. The molecule has 1 aromatic carbocycles. The number of hydrogen-bond donors (Lipinski definition) is 2. The predicted molar refractivity (Wildman–Crippen MR) is 75.2 cm³/mol. The Bertz CT molecular complexity index is 757. The lowest BCUT2D eigenvalue weighted by atomic mass is 10.2. The van der Waals surface area contributed by atoms with Crippen LogP contribution in [0.25, 0.3) is 10.9 Å². The van der Waals surface area contributed by atoms with Crippen molar-refractivity contribution in [1.29, 1.82) is 0 Å². The summed E-state index contributed by atoms with van der Waals surface area (Å²) in [6.07, 6.45) is 1.79. The summed E-state index contributed by atoms with van der Waals surface area (Å²) in [5.74, 6) is -0.405. The molecule has 1 amide bonds. The summed E-state index contributed by atoms with van der Waals surface area (Å²) in [6, 6.07) is 6.73. The molecule has 6 nitrogen and oxygen atoms in total. The van der Waals surface area contributed by atoms with Gasteiger partial charge in [0, 0.05) is 18.0 Å². The number of hydrogen-bond acceptors (Lipinski definition) is 4. The molecule has 2 N–H and O–H groups in total. The lowest BCUT2D eigenvalue weighted by Crippen LogP contribution is -2.41. The molecule has 1 heterocycles. The Morgan fingerprint density at radius 3 is 2.80 bits per heavy atom. The number of amides is 1. The lowest BCUT2D eigenvalue weighted by molar-refractivity contribution is -0.121. The molecule has 0 radical (unpaired) electrons. The number of pyridine rings is 1. The topological polar surface area (TPSA) is 88.2 Å². The van der Waals surface area contributed by atoms with Crippen LogP contribution in [0.4, 0.5) is 0 Å². The van der Waals surface area contributed by atoms with Crippen LogP contribution in [0.2, 0.25) is 0 Å². The maximum atomic E-state index is 12.2. The first-order valence-electron chi connectivity index (χ1n) is 6.10. The maximum Gasteiger partial charge on any atom is 0.259 e. The summed E-state index contributed by atoms with van der Waals surface area (Å²) < 4.78 is 24.4. The van der Waals surface area contributed by atoms with Crippen LogP contribution in [0.1, 0.15) is 18.9 Å². The van der Waals surface area contributed by atoms with Crippen LogP contribution in [0.15, 0.2) is 35.4 Å². The third-order valence-corrected chi connectivity index (χ3v) is 4.03. The zero-order valence-corrected chi connectivity index (χ0v) is 12.0. The van der Waals surface area contributed by atoms with Crippen molar-refractivity contribution in [3.05, 3.63) is 36.0 Å². The molecule has 106 valence electrons. The molecule has 0 bridgehead atoms. The number of rotatable bonds is 4. The summed E-state index contributed by atoms with van der Waals surface area (Å²) in [5, 5.41) is 0.731. The van der Waals surface area contributed by atoms with Crippen LogP contribution in [0.3, 0.4) is 0 Å². The average molecular weight is 293 g/mol. The zero-order chi connectivity index (χ0) is 14.8. The number of aryl methyl sites for hydroxylation is 1. The minimum Gasteiger partial charge on any atom is -0.278 e. The molecule has 20 heavy (non-hydrogen) atoms. The van der Waals surface area contributed by atoms with E-state index in [0.29, 0.717) is 5.52 Å². The largest absolute Gasteiger partial charge is 0.278 e. The Morgan fingerprint density at radius 2 is 2.10 bits per heavy atom. The number of hydrazine groups is 1. The summed E-state index contributed by atoms with van der Waals surface area (Å²) in [5.41, 5.74) is 3.46. The van der Waals surface area contributed by atoms with E-state index in [4.69, 9.17) is 0 Å². The first kappa shape index (κ1) is 14.4. The Morgan fingerprint density at radius 1 is 1.35 bits per heavy atom. The SMILES string of the molecule is CCC(=O)NNS(=O)(=O)c1cccc2cc(C)cnc12. The second-order valence-corrected chi connectivity index (χ2v) is 6.00. The molecule has 0 saturated heterocycles. The summed E-state index contributed by atoms with van der Waals surface area (Å²) in [7, 11) is -3.85. The molecular weight excluding hydrogens is 278 g/mol. The van der Waals surface area contributed by atoms with Gasteiger partial charge in [0.2, 0.25) is 5.91 Å². The molecule has 0 spiro atoms. The van der Waals surface area contributed by atoms with Gasteiger partial charge in [0.15, 0.2) is 0 Å². The number of carbonyl (C=O) groups excluding carboxylic acids is 1. The fourth-order valence-electron chi connectivity index (χ4n) is 1.73. The highest BCUT2D eigenvalue weighted by atomic mass is 32.2. The van der Waals surface area contributed by atoms with E-state index >= 15 is 0 Å². The normalized spacial score (nSPS) is 11.5. The molecule has 2 aromatic rings. The second kappa shape index (κ2) is 5.56. The van der Waals surface area contributed by atoms with Crippen molar-refractivity contribution < 1.29 is 13.2 Å². The molecule has 7 heteroatoms. The monoisotopic (exact) mass is 293 g/mol. The minimum atomic E-state index is -3.85. The van der Waals surface area contributed by atoms with E-state index in [1.54, 1.807) is 25.3 Å². The fraction of sp³-hybridized carbons (Fsp3) is 0.231. The molecule has 2 rings (SSSR count). The van der Waals surface area contributed by atoms with E-state index in [1.165, 1.54) is 6.07 Å². The van der Waals surface area contributed by atoms with Crippen molar-refractivity contribution >= 4 is 26.8 Å². The predicted octanol–water partition coefficient (Wildman–Crippen LogP) is 1.26. The van der Waals surface area contributed by atoms with E-state index < -0.39 is 15.9 Å². The van der Waals surface area contributed by atoms with Crippen molar-refractivity contribution in [3.8, 4) is 0 Å². The summed E-state index contributed by atoms with van der Waals surface area (Å²) in [6.45, 7) is 3.51. The van der Waals surface area contributed by atoms with Gasteiger partial charge in [-0.25, -0.2) is 8.42 Å². The van der Waals surface area contributed by atoms with Gasteiger partial charge >= 0.3 is 0 Å². The standard InChI is InChI=1S/C13H15N3O3S/c1-3-12(17)15-16-20(18,19)11-6-4-5-10-7-9(2)8-14-13(10)11/h4-8,16H,3H2,1-2H3,(H,15,17). The van der Waals surface area contributed by atoms with Gasteiger partial charge in [-0.05, 0) is 24.6 Å². The molecular formula is C13H15N3O3S. The highest BCUT2D eigenvalue weighted by molar-refractivity contribution is 7.89. The number of nitrogens with one attached hydrogen (secondary N) is 2. The first-order chi connectivity index (χ1) is 9.44. The summed E-state index contributed by atoms with van der Waals surface area (Å²) >= 11 is 0. The van der Waals surface area contributed by atoms with Crippen LogP contribution >= 0.6 is 0 Å².